The van der Waals surface area contributed by atoms with Gasteiger partial charge in [0.1, 0.15) is 5.75 Å². The van der Waals surface area contributed by atoms with Crippen LogP contribution in [0.25, 0.3) is 0 Å². The van der Waals surface area contributed by atoms with E-state index in [0.29, 0.717) is 6.42 Å². The fourth-order valence-electron chi connectivity index (χ4n) is 1.34. The Kier molecular flexibility index (Phi) is 8.24. The maximum Gasteiger partial charge on any atom is 0.303 e. The molecular weight excluding hydrogens is 240 g/mol. The van der Waals surface area contributed by atoms with Crippen molar-refractivity contribution < 1.29 is 14.6 Å². The standard InChI is InChI=1S/C13H18O3.ClH/c1-2-3-10-16-12-7-4-11(5-8-12)6-9-13(14)15;/h4-5,7-8H,2-3,6,9-10H2,1H3,(H,14,15);1H. The van der Waals surface area contributed by atoms with E-state index in [1.54, 1.807) is 0 Å². The van der Waals surface area contributed by atoms with E-state index in [2.05, 4.69) is 6.92 Å². The topological polar surface area (TPSA) is 46.5 Å². The maximum atomic E-state index is 10.4. The lowest BCUT2D eigenvalue weighted by Gasteiger charge is -2.05. The van der Waals surface area contributed by atoms with E-state index in [9.17, 15) is 4.79 Å². The van der Waals surface area contributed by atoms with Gasteiger partial charge in [0.05, 0.1) is 6.61 Å². The molecule has 0 amide bonds. The first kappa shape index (κ1) is 15.8. The number of carboxylic acid groups (broad SMARTS) is 1. The van der Waals surface area contributed by atoms with E-state index in [4.69, 9.17) is 9.84 Å². The third-order valence-electron chi connectivity index (χ3n) is 2.32. The molecule has 96 valence electrons. The highest BCUT2D eigenvalue weighted by atomic mass is 35.5. The first-order valence-electron chi connectivity index (χ1n) is 5.66. The Bertz CT molecular complexity index is 322. The molecule has 0 saturated carbocycles. The van der Waals surface area contributed by atoms with Gasteiger partial charge in [-0.2, -0.15) is 0 Å². The number of hydrogen-bond donors (Lipinski definition) is 1. The minimum Gasteiger partial charge on any atom is -0.494 e. The highest BCUT2D eigenvalue weighted by Crippen LogP contribution is 2.13. The molecule has 0 bridgehead atoms. The van der Waals surface area contributed by atoms with Gasteiger partial charge >= 0.3 is 5.97 Å². The minimum absolute atomic E-state index is 0. The second kappa shape index (κ2) is 8.88. The SMILES string of the molecule is CCCCOc1ccc(CCC(=O)O)cc1.Cl. The third kappa shape index (κ3) is 6.84. The van der Waals surface area contributed by atoms with Gasteiger partial charge in [-0.25, -0.2) is 0 Å². The molecule has 0 saturated heterocycles. The summed E-state index contributed by atoms with van der Waals surface area (Å²) in [4.78, 5) is 10.4. The lowest BCUT2D eigenvalue weighted by atomic mass is 10.1. The Balaban J connectivity index is 0.00000256. The normalized spacial score (nSPS) is 9.47. The fraction of sp³-hybridized carbons (Fsp3) is 0.462. The molecular formula is C13H19ClO3. The number of rotatable bonds is 7. The molecule has 1 N–H and O–H groups in total. The van der Waals surface area contributed by atoms with E-state index >= 15 is 0 Å². The van der Waals surface area contributed by atoms with Crippen molar-refractivity contribution in [1.29, 1.82) is 0 Å². The van der Waals surface area contributed by atoms with Gasteiger partial charge in [-0.1, -0.05) is 25.5 Å². The van der Waals surface area contributed by atoms with Gasteiger partial charge in [0, 0.05) is 6.42 Å². The molecule has 0 spiro atoms. The largest absolute Gasteiger partial charge is 0.494 e. The predicted octanol–water partition coefficient (Wildman–Crippen LogP) is 3.30. The zero-order chi connectivity index (χ0) is 11.8. The molecule has 4 heteroatoms. The minimum atomic E-state index is -0.761. The zero-order valence-corrected chi connectivity index (χ0v) is 10.8. The third-order valence-corrected chi connectivity index (χ3v) is 2.32. The van der Waals surface area contributed by atoms with Crippen molar-refractivity contribution in [3.05, 3.63) is 29.8 Å². The van der Waals surface area contributed by atoms with Gasteiger partial charge in [0.2, 0.25) is 0 Å². The van der Waals surface area contributed by atoms with Crippen LogP contribution in [0.1, 0.15) is 31.7 Å². The second-order valence-corrected chi connectivity index (χ2v) is 3.74. The van der Waals surface area contributed by atoms with Crippen molar-refractivity contribution in [1.82, 2.24) is 0 Å². The predicted molar refractivity (Wildman–Crippen MR) is 70.0 cm³/mol. The van der Waals surface area contributed by atoms with Crippen LogP contribution in [0.15, 0.2) is 24.3 Å². The summed E-state index contributed by atoms with van der Waals surface area (Å²) in [5, 5.41) is 8.55. The molecule has 1 rings (SSSR count). The number of aryl methyl sites for hydroxylation is 1. The summed E-state index contributed by atoms with van der Waals surface area (Å²) < 4.78 is 5.51. The molecule has 0 aliphatic heterocycles. The number of hydrogen-bond acceptors (Lipinski definition) is 2. The Labute approximate surface area is 108 Å². The number of halogens is 1. The van der Waals surface area contributed by atoms with Crippen LogP contribution >= 0.6 is 12.4 Å². The molecule has 3 nitrogen and oxygen atoms in total. The average Bonchev–Trinajstić information content (AvgIpc) is 2.28. The van der Waals surface area contributed by atoms with Gasteiger partial charge in [-0.05, 0) is 30.5 Å². The number of carbonyl (C=O) groups is 1. The molecule has 1 aromatic carbocycles. The monoisotopic (exact) mass is 258 g/mol. The van der Waals surface area contributed by atoms with Crippen molar-refractivity contribution in [3.8, 4) is 5.75 Å². The highest BCUT2D eigenvalue weighted by Gasteiger charge is 1.99. The van der Waals surface area contributed by atoms with Crippen LogP contribution in [-0.4, -0.2) is 17.7 Å². The van der Waals surface area contributed by atoms with Crippen LogP contribution in [0, 0.1) is 0 Å². The van der Waals surface area contributed by atoms with Gasteiger partial charge in [0.25, 0.3) is 0 Å². The van der Waals surface area contributed by atoms with Crippen molar-refractivity contribution in [3.63, 3.8) is 0 Å². The van der Waals surface area contributed by atoms with Gasteiger partial charge in [-0.15, -0.1) is 12.4 Å². The van der Waals surface area contributed by atoms with Gasteiger partial charge in [-0.3, -0.25) is 4.79 Å². The van der Waals surface area contributed by atoms with Crippen molar-refractivity contribution in [2.75, 3.05) is 6.61 Å². The second-order valence-electron chi connectivity index (χ2n) is 3.74. The summed E-state index contributed by atoms with van der Waals surface area (Å²) in [5.41, 5.74) is 1.03. The van der Waals surface area contributed by atoms with Crippen LogP contribution < -0.4 is 4.74 Å². The van der Waals surface area contributed by atoms with Gasteiger partial charge < -0.3 is 9.84 Å². The molecule has 0 aliphatic rings. The number of ether oxygens (including phenoxy) is 1. The van der Waals surface area contributed by atoms with Crippen LogP contribution in [0.3, 0.4) is 0 Å². The maximum absolute atomic E-state index is 10.4. The van der Waals surface area contributed by atoms with Crippen molar-refractivity contribution in [2.45, 2.75) is 32.6 Å². The van der Waals surface area contributed by atoms with Crippen LogP contribution in [0.2, 0.25) is 0 Å². The zero-order valence-electron chi connectivity index (χ0n) is 10.0. The Morgan fingerprint density at radius 1 is 1.29 bits per heavy atom. The molecule has 0 unspecified atom stereocenters. The van der Waals surface area contributed by atoms with E-state index in [1.807, 2.05) is 24.3 Å². The summed E-state index contributed by atoms with van der Waals surface area (Å²) in [6.45, 7) is 2.86. The number of unbranched alkanes of at least 4 members (excludes halogenated alkanes) is 1. The number of aliphatic carboxylic acids is 1. The lowest BCUT2D eigenvalue weighted by molar-refractivity contribution is -0.136. The average molecular weight is 259 g/mol. The number of benzene rings is 1. The van der Waals surface area contributed by atoms with Crippen molar-refractivity contribution in [2.24, 2.45) is 0 Å². The summed E-state index contributed by atoms with van der Waals surface area (Å²) in [7, 11) is 0. The molecule has 0 radical (unpaired) electrons. The van der Waals surface area contributed by atoms with Crippen molar-refractivity contribution >= 4 is 18.4 Å². The molecule has 0 atom stereocenters. The van der Waals surface area contributed by atoms with E-state index in [1.165, 1.54) is 0 Å². The smallest absolute Gasteiger partial charge is 0.303 e. The van der Waals surface area contributed by atoms with Crippen LogP contribution in [0.4, 0.5) is 0 Å². The Hall–Kier alpha value is -1.22. The molecule has 0 fully saturated rings. The molecule has 17 heavy (non-hydrogen) atoms. The molecule has 0 aliphatic carbocycles. The van der Waals surface area contributed by atoms with Gasteiger partial charge in [0.15, 0.2) is 0 Å². The molecule has 0 heterocycles. The number of carboxylic acids is 1. The Morgan fingerprint density at radius 3 is 2.47 bits per heavy atom. The fourth-order valence-corrected chi connectivity index (χ4v) is 1.34. The lowest BCUT2D eigenvalue weighted by Crippen LogP contribution is -1.98. The Morgan fingerprint density at radius 2 is 1.94 bits per heavy atom. The molecule has 0 aromatic heterocycles. The first-order valence-corrected chi connectivity index (χ1v) is 5.66. The quantitative estimate of drug-likeness (QED) is 0.764. The molecule has 1 aromatic rings. The van der Waals surface area contributed by atoms with Crippen LogP contribution in [-0.2, 0) is 11.2 Å². The summed E-state index contributed by atoms with van der Waals surface area (Å²) in [5.74, 6) is 0.0933. The van der Waals surface area contributed by atoms with Crippen LogP contribution in [0.5, 0.6) is 5.75 Å². The highest BCUT2D eigenvalue weighted by molar-refractivity contribution is 5.85. The summed E-state index contributed by atoms with van der Waals surface area (Å²) >= 11 is 0. The van der Waals surface area contributed by atoms with E-state index in [-0.39, 0.29) is 18.8 Å². The first-order chi connectivity index (χ1) is 7.72. The van der Waals surface area contributed by atoms with E-state index in [0.717, 1.165) is 30.8 Å². The van der Waals surface area contributed by atoms with E-state index < -0.39 is 5.97 Å². The summed E-state index contributed by atoms with van der Waals surface area (Å²) in [6, 6.07) is 7.63. The summed E-state index contributed by atoms with van der Waals surface area (Å²) in [6.07, 6.45) is 2.93.